The Bertz CT molecular complexity index is 629. The minimum absolute atomic E-state index is 1.06. The number of aryl methyl sites for hydroxylation is 1. The van der Waals surface area contributed by atoms with Crippen LogP contribution in [0, 0.1) is 0 Å². The molecule has 0 spiro atoms. The lowest BCUT2D eigenvalue weighted by Crippen LogP contribution is -2.13. The van der Waals surface area contributed by atoms with Gasteiger partial charge >= 0.3 is 0 Å². The van der Waals surface area contributed by atoms with Crippen molar-refractivity contribution in [3.63, 3.8) is 0 Å². The zero-order chi connectivity index (χ0) is 13.4. The molecule has 1 aromatic heterocycles. The Labute approximate surface area is 119 Å². The molecule has 3 heterocycles. The Morgan fingerprint density at radius 3 is 3.00 bits per heavy atom. The third kappa shape index (κ3) is 1.90. The molecule has 2 aliphatic rings. The highest BCUT2D eigenvalue weighted by Gasteiger charge is 2.20. The molecule has 4 nitrogen and oxygen atoms in total. The molecule has 0 bridgehead atoms. The Balaban J connectivity index is 1.84. The molecular weight excluding hydrogens is 248 g/mol. The van der Waals surface area contributed by atoms with E-state index in [1.807, 2.05) is 0 Å². The van der Waals surface area contributed by atoms with Crippen molar-refractivity contribution < 1.29 is 0 Å². The Morgan fingerprint density at radius 1 is 1.00 bits per heavy atom. The number of fused-ring (bicyclic) bond motifs is 2. The largest absolute Gasteiger partial charge is 0.385 e. The van der Waals surface area contributed by atoms with E-state index >= 15 is 0 Å². The van der Waals surface area contributed by atoms with Gasteiger partial charge in [-0.2, -0.15) is 0 Å². The molecule has 0 atom stereocenters. The molecule has 0 unspecified atom stereocenters. The number of aromatic nitrogens is 3. The summed E-state index contributed by atoms with van der Waals surface area (Å²) in [6.07, 6.45) is 7.20. The summed E-state index contributed by atoms with van der Waals surface area (Å²) >= 11 is 0. The van der Waals surface area contributed by atoms with Gasteiger partial charge in [0.05, 0.1) is 0 Å². The lowest BCUT2D eigenvalue weighted by molar-refractivity contribution is 0.636. The first kappa shape index (κ1) is 11.9. The lowest BCUT2D eigenvalue weighted by atomic mass is 9.97. The molecule has 1 N–H and O–H groups in total. The van der Waals surface area contributed by atoms with Gasteiger partial charge in [0, 0.05) is 30.8 Å². The lowest BCUT2D eigenvalue weighted by Gasteiger charge is -2.21. The Kier molecular flexibility index (Phi) is 2.94. The summed E-state index contributed by atoms with van der Waals surface area (Å²) in [6, 6.07) is 6.51. The van der Waals surface area contributed by atoms with Crippen molar-refractivity contribution in [2.45, 2.75) is 45.1 Å². The van der Waals surface area contributed by atoms with Gasteiger partial charge in [-0.25, -0.2) is 0 Å². The quantitative estimate of drug-likeness (QED) is 0.864. The Hall–Kier alpha value is -1.84. The number of hydrogen-bond acceptors (Lipinski definition) is 3. The second-order valence-electron chi connectivity index (χ2n) is 5.76. The first-order valence-electron chi connectivity index (χ1n) is 7.72. The van der Waals surface area contributed by atoms with E-state index in [-0.39, 0.29) is 0 Å². The zero-order valence-electron chi connectivity index (χ0n) is 11.7. The van der Waals surface area contributed by atoms with Crippen LogP contribution in [-0.2, 0) is 19.4 Å². The summed E-state index contributed by atoms with van der Waals surface area (Å²) in [5.74, 6) is 2.24. The molecule has 0 saturated heterocycles. The van der Waals surface area contributed by atoms with Crippen LogP contribution in [0.15, 0.2) is 18.2 Å². The highest BCUT2D eigenvalue weighted by Crippen LogP contribution is 2.32. The van der Waals surface area contributed by atoms with Gasteiger partial charge in [-0.3, -0.25) is 0 Å². The van der Waals surface area contributed by atoms with Crippen LogP contribution in [0.3, 0.4) is 0 Å². The molecule has 2 aromatic rings. The first-order valence-corrected chi connectivity index (χ1v) is 7.72. The molecule has 0 saturated carbocycles. The van der Waals surface area contributed by atoms with Crippen molar-refractivity contribution in [1.82, 2.24) is 14.8 Å². The smallest absolute Gasteiger partial charge is 0.164 e. The van der Waals surface area contributed by atoms with Gasteiger partial charge in [-0.05, 0) is 37.3 Å². The number of anilines is 1. The second-order valence-corrected chi connectivity index (χ2v) is 5.76. The van der Waals surface area contributed by atoms with Gasteiger partial charge in [-0.15, -0.1) is 10.2 Å². The van der Waals surface area contributed by atoms with E-state index in [9.17, 15) is 0 Å². The molecule has 0 fully saturated rings. The van der Waals surface area contributed by atoms with Crippen LogP contribution >= 0.6 is 0 Å². The maximum absolute atomic E-state index is 4.50. The molecule has 1 aromatic carbocycles. The van der Waals surface area contributed by atoms with E-state index in [4.69, 9.17) is 0 Å². The van der Waals surface area contributed by atoms with Crippen LogP contribution in [-0.4, -0.2) is 21.3 Å². The predicted molar refractivity (Wildman–Crippen MR) is 79.8 cm³/mol. The molecule has 0 aliphatic carbocycles. The fourth-order valence-corrected chi connectivity index (χ4v) is 3.40. The van der Waals surface area contributed by atoms with Crippen molar-refractivity contribution in [3.05, 3.63) is 29.6 Å². The predicted octanol–water partition coefficient (Wildman–Crippen LogP) is 3.03. The van der Waals surface area contributed by atoms with Gasteiger partial charge in [0.15, 0.2) is 5.82 Å². The third-order valence-electron chi connectivity index (χ3n) is 4.45. The van der Waals surface area contributed by atoms with Crippen molar-refractivity contribution in [2.75, 3.05) is 11.9 Å². The van der Waals surface area contributed by atoms with E-state index in [0.29, 0.717) is 0 Å². The average Bonchev–Trinajstić information content (AvgIpc) is 2.75. The van der Waals surface area contributed by atoms with Crippen molar-refractivity contribution in [3.8, 4) is 11.4 Å². The Morgan fingerprint density at radius 2 is 2.00 bits per heavy atom. The average molecular weight is 268 g/mol. The molecular formula is C16H20N4. The van der Waals surface area contributed by atoms with Gasteiger partial charge in [0.2, 0.25) is 0 Å². The van der Waals surface area contributed by atoms with E-state index < -0.39 is 0 Å². The van der Waals surface area contributed by atoms with Gasteiger partial charge in [0.25, 0.3) is 0 Å². The normalized spacial score (nSPS) is 17.8. The fraction of sp³-hybridized carbons (Fsp3) is 0.500. The molecule has 104 valence electrons. The van der Waals surface area contributed by atoms with Crippen molar-refractivity contribution in [2.24, 2.45) is 0 Å². The van der Waals surface area contributed by atoms with Crippen LogP contribution < -0.4 is 5.32 Å². The van der Waals surface area contributed by atoms with Crippen molar-refractivity contribution >= 4 is 5.69 Å². The number of nitrogens with one attached hydrogen (secondary N) is 1. The summed E-state index contributed by atoms with van der Waals surface area (Å²) in [6.45, 7) is 2.14. The zero-order valence-corrected chi connectivity index (χ0v) is 11.7. The molecule has 2 aliphatic heterocycles. The minimum atomic E-state index is 1.06. The van der Waals surface area contributed by atoms with Crippen LogP contribution in [0.25, 0.3) is 11.4 Å². The summed E-state index contributed by atoms with van der Waals surface area (Å²) in [5, 5.41) is 12.4. The summed E-state index contributed by atoms with van der Waals surface area (Å²) in [5.41, 5.74) is 3.97. The molecule has 20 heavy (non-hydrogen) atoms. The van der Waals surface area contributed by atoms with Crippen LogP contribution in [0.5, 0.6) is 0 Å². The molecule has 0 amide bonds. The monoisotopic (exact) mass is 268 g/mol. The minimum Gasteiger partial charge on any atom is -0.385 e. The standard InChI is InChI=1S/C16H20N4/c1-2-9-15-18-19-16(20(15)11-3-1)13-6-4-8-14-12(13)7-5-10-17-14/h4,6,8,17H,1-3,5,7,9-11H2. The molecule has 4 heteroatoms. The maximum Gasteiger partial charge on any atom is 0.164 e. The SMILES string of the molecule is c1cc2c(c(-c3nnc4n3CCCCC4)c1)CCCN2. The first-order chi connectivity index (χ1) is 9.93. The van der Waals surface area contributed by atoms with Crippen LogP contribution in [0.4, 0.5) is 5.69 Å². The highest BCUT2D eigenvalue weighted by molar-refractivity contribution is 5.71. The van der Waals surface area contributed by atoms with Crippen LogP contribution in [0.2, 0.25) is 0 Å². The fourth-order valence-electron chi connectivity index (χ4n) is 3.40. The number of rotatable bonds is 1. The van der Waals surface area contributed by atoms with Gasteiger partial charge in [-0.1, -0.05) is 18.6 Å². The number of benzene rings is 1. The summed E-state index contributed by atoms with van der Waals surface area (Å²) < 4.78 is 2.34. The third-order valence-corrected chi connectivity index (χ3v) is 4.45. The topological polar surface area (TPSA) is 42.7 Å². The van der Waals surface area contributed by atoms with Gasteiger partial charge < -0.3 is 9.88 Å². The van der Waals surface area contributed by atoms with Crippen LogP contribution in [0.1, 0.15) is 37.1 Å². The maximum atomic E-state index is 4.50. The molecule has 0 radical (unpaired) electrons. The number of hydrogen-bond donors (Lipinski definition) is 1. The van der Waals surface area contributed by atoms with Crippen molar-refractivity contribution in [1.29, 1.82) is 0 Å². The van der Waals surface area contributed by atoms with Gasteiger partial charge in [0.1, 0.15) is 5.82 Å². The highest BCUT2D eigenvalue weighted by atomic mass is 15.3. The van der Waals surface area contributed by atoms with E-state index in [0.717, 1.165) is 31.8 Å². The second kappa shape index (κ2) is 4.93. The van der Waals surface area contributed by atoms with E-state index in [1.54, 1.807) is 0 Å². The van der Waals surface area contributed by atoms with E-state index in [1.165, 1.54) is 48.3 Å². The number of nitrogens with zero attached hydrogens (tertiary/aromatic N) is 3. The summed E-state index contributed by atoms with van der Waals surface area (Å²) in [4.78, 5) is 0. The molecule has 4 rings (SSSR count). The summed E-state index contributed by atoms with van der Waals surface area (Å²) in [7, 11) is 0. The van der Waals surface area contributed by atoms with E-state index in [2.05, 4.69) is 38.3 Å².